The van der Waals surface area contributed by atoms with Crippen LogP contribution in [0.25, 0.3) is 0 Å². The fourth-order valence-electron chi connectivity index (χ4n) is 10.3. The molecule has 0 bridgehead atoms. The SMILES string of the molecule is CCCN1C(=CC=C2CCC/C(=C\C=C3\N(CCC)c4ccccc4C3(C)C)C2=[N+]2CCN(CCCN3C(=O)c4ccccc4C3=O)CC2)C(C)(C)c2ccccc21. The summed E-state index contributed by atoms with van der Waals surface area (Å²) in [6, 6.07) is 25.1. The number of carbonyl (C=O) groups excluding carboxylic acids is 2. The van der Waals surface area contributed by atoms with Crippen LogP contribution in [-0.2, 0) is 10.8 Å². The summed E-state index contributed by atoms with van der Waals surface area (Å²) >= 11 is 0. The van der Waals surface area contributed by atoms with E-state index in [1.54, 1.807) is 12.1 Å². The number of para-hydroxylation sites is 2. The summed E-state index contributed by atoms with van der Waals surface area (Å²) in [7, 11) is 0. The Morgan fingerprint density at radius 1 is 0.586 bits per heavy atom. The van der Waals surface area contributed by atoms with Crippen LogP contribution >= 0.6 is 0 Å². The Balaban J connectivity index is 1.09. The molecule has 0 aromatic heterocycles. The van der Waals surface area contributed by atoms with Gasteiger partial charge in [0.25, 0.3) is 11.8 Å². The third kappa shape index (κ3) is 7.10. The van der Waals surface area contributed by atoms with E-state index in [1.807, 2.05) is 12.1 Å². The highest BCUT2D eigenvalue weighted by Crippen LogP contribution is 2.49. The van der Waals surface area contributed by atoms with E-state index >= 15 is 0 Å². The maximum absolute atomic E-state index is 13.0. The van der Waals surface area contributed by atoms with E-state index in [1.165, 1.54) is 55.7 Å². The largest absolute Gasteiger partial charge is 0.344 e. The summed E-state index contributed by atoms with van der Waals surface area (Å²) in [5, 5.41) is 0. The number of benzene rings is 3. The zero-order valence-corrected chi connectivity index (χ0v) is 35.7. The molecule has 2 fully saturated rings. The third-order valence-corrected chi connectivity index (χ3v) is 13.3. The number of piperazine rings is 1. The van der Waals surface area contributed by atoms with Gasteiger partial charge in [-0.15, -0.1) is 0 Å². The van der Waals surface area contributed by atoms with Crippen LogP contribution in [0.15, 0.2) is 120 Å². The first-order valence-electron chi connectivity index (χ1n) is 21.9. The van der Waals surface area contributed by atoms with Crippen molar-refractivity contribution in [2.24, 2.45) is 0 Å². The molecule has 8 rings (SSSR count). The van der Waals surface area contributed by atoms with Gasteiger partial charge in [-0.25, -0.2) is 4.58 Å². The van der Waals surface area contributed by atoms with Gasteiger partial charge in [0.2, 0.25) is 5.71 Å². The monoisotopic (exact) mass is 776 g/mol. The lowest BCUT2D eigenvalue weighted by molar-refractivity contribution is -0.539. The molecular weight excluding hydrogens is 715 g/mol. The highest BCUT2D eigenvalue weighted by atomic mass is 16.2. The molecule has 3 aromatic rings. The van der Waals surface area contributed by atoms with Gasteiger partial charge in [0.15, 0.2) is 13.1 Å². The van der Waals surface area contributed by atoms with Crippen LogP contribution < -0.4 is 9.80 Å². The first kappa shape index (κ1) is 39.8. The fourth-order valence-corrected chi connectivity index (χ4v) is 10.3. The summed E-state index contributed by atoms with van der Waals surface area (Å²) in [5.41, 5.74) is 13.4. The van der Waals surface area contributed by atoms with Crippen molar-refractivity contribution in [3.05, 3.63) is 142 Å². The minimum absolute atomic E-state index is 0.0781. The van der Waals surface area contributed by atoms with E-state index < -0.39 is 0 Å². The lowest BCUT2D eigenvalue weighted by Crippen LogP contribution is -2.45. The molecule has 2 amide bonds. The highest BCUT2D eigenvalue weighted by molar-refractivity contribution is 6.21. The fraction of sp³-hybridized carbons (Fsp3) is 0.431. The zero-order chi connectivity index (χ0) is 40.6. The molecule has 1 saturated heterocycles. The van der Waals surface area contributed by atoms with E-state index in [0.717, 1.165) is 84.3 Å². The summed E-state index contributed by atoms with van der Waals surface area (Å²) < 4.78 is 2.66. The summed E-state index contributed by atoms with van der Waals surface area (Å²) in [6.45, 7) is 21.2. The Morgan fingerprint density at radius 2 is 1.05 bits per heavy atom. The van der Waals surface area contributed by atoms with Gasteiger partial charge in [0.05, 0.1) is 24.2 Å². The van der Waals surface area contributed by atoms with Gasteiger partial charge in [0.1, 0.15) is 0 Å². The lowest BCUT2D eigenvalue weighted by Gasteiger charge is -2.29. The Bertz CT molecular complexity index is 2100. The number of allylic oxidation sites excluding steroid dienone is 8. The number of hydrogen-bond donors (Lipinski definition) is 0. The molecule has 1 saturated carbocycles. The average Bonchev–Trinajstić information content (AvgIpc) is 3.70. The van der Waals surface area contributed by atoms with Crippen molar-refractivity contribution >= 4 is 28.9 Å². The van der Waals surface area contributed by atoms with Crippen molar-refractivity contribution in [2.75, 3.05) is 62.2 Å². The minimum atomic E-state index is -0.159. The van der Waals surface area contributed by atoms with Gasteiger partial charge >= 0.3 is 0 Å². The molecule has 0 unspecified atom stereocenters. The van der Waals surface area contributed by atoms with Crippen molar-refractivity contribution in [3.63, 3.8) is 0 Å². The molecule has 7 heteroatoms. The summed E-state index contributed by atoms with van der Waals surface area (Å²) in [6.07, 6.45) is 16.0. The Hall–Kier alpha value is -5.01. The van der Waals surface area contributed by atoms with Crippen LogP contribution in [0.2, 0.25) is 0 Å². The van der Waals surface area contributed by atoms with Gasteiger partial charge in [-0.3, -0.25) is 19.4 Å². The topological polar surface area (TPSA) is 50.1 Å². The van der Waals surface area contributed by atoms with Crippen LogP contribution in [-0.4, -0.2) is 84.3 Å². The Labute approximate surface area is 346 Å². The Morgan fingerprint density at radius 3 is 1.53 bits per heavy atom. The van der Waals surface area contributed by atoms with Crippen LogP contribution in [0.1, 0.15) is 112 Å². The van der Waals surface area contributed by atoms with E-state index in [9.17, 15) is 9.59 Å². The predicted molar refractivity (Wildman–Crippen MR) is 238 cm³/mol. The second-order valence-corrected chi connectivity index (χ2v) is 17.8. The van der Waals surface area contributed by atoms with Gasteiger partial charge in [-0.2, -0.15) is 0 Å². The van der Waals surface area contributed by atoms with E-state index in [-0.39, 0.29) is 22.6 Å². The number of fused-ring (bicyclic) bond motifs is 3. The summed E-state index contributed by atoms with van der Waals surface area (Å²) in [5.74, 6) is -0.318. The number of amides is 2. The molecule has 302 valence electrons. The van der Waals surface area contributed by atoms with Crippen molar-refractivity contribution in [1.82, 2.24) is 9.80 Å². The van der Waals surface area contributed by atoms with Crippen LogP contribution in [0.4, 0.5) is 11.4 Å². The highest BCUT2D eigenvalue weighted by Gasteiger charge is 2.41. The van der Waals surface area contributed by atoms with E-state index in [4.69, 9.17) is 0 Å². The maximum atomic E-state index is 13.0. The zero-order valence-electron chi connectivity index (χ0n) is 35.7. The lowest BCUT2D eigenvalue weighted by atomic mass is 9.82. The molecule has 5 aliphatic rings. The molecule has 0 spiro atoms. The average molecular weight is 777 g/mol. The second-order valence-electron chi connectivity index (χ2n) is 17.8. The first-order valence-corrected chi connectivity index (χ1v) is 21.9. The quantitative estimate of drug-likeness (QED) is 0.152. The minimum Gasteiger partial charge on any atom is -0.344 e. The van der Waals surface area contributed by atoms with Crippen molar-refractivity contribution in [3.8, 4) is 0 Å². The molecule has 0 radical (unpaired) electrons. The standard InChI is InChI=1S/C51H62N5O2/c1-7-29-54-43-23-13-11-21-41(43)50(3,4)45(54)27-25-37-17-15-18-38(26-28-46-51(5,6)42-22-12-14-24-44(42)55(46)30-8-2)47(37)53-35-33-52(34-36-53)31-16-32-56-48(57)39-19-9-10-20-40(39)49(56)58/h9-14,19-28H,7-8,15-18,29-36H2,1-6H3/q+1. The van der Waals surface area contributed by atoms with E-state index in [2.05, 4.69) is 134 Å². The Kier molecular flexibility index (Phi) is 11.2. The first-order chi connectivity index (χ1) is 28.1. The predicted octanol–water partition coefficient (Wildman–Crippen LogP) is 9.66. The smallest absolute Gasteiger partial charge is 0.261 e. The molecule has 3 aromatic carbocycles. The number of anilines is 2. The number of rotatable bonds is 10. The normalized spacial score (nSPS) is 22.9. The summed E-state index contributed by atoms with van der Waals surface area (Å²) in [4.78, 5) is 35.0. The number of imide groups is 1. The van der Waals surface area contributed by atoms with Crippen molar-refractivity contribution in [2.45, 2.75) is 90.9 Å². The van der Waals surface area contributed by atoms with Gasteiger partial charge in [-0.1, -0.05) is 102 Å². The second kappa shape index (κ2) is 16.3. The molecule has 58 heavy (non-hydrogen) atoms. The van der Waals surface area contributed by atoms with E-state index in [0.29, 0.717) is 17.7 Å². The van der Waals surface area contributed by atoms with Gasteiger partial charge in [-0.05, 0) is 86.1 Å². The van der Waals surface area contributed by atoms with Crippen molar-refractivity contribution in [1.29, 1.82) is 0 Å². The molecule has 1 aliphatic carbocycles. The maximum Gasteiger partial charge on any atom is 0.261 e. The van der Waals surface area contributed by atoms with Gasteiger partial charge in [0, 0.05) is 70.9 Å². The number of nitrogens with zero attached hydrogens (tertiary/aromatic N) is 5. The molecular formula is C51H62N5O2+. The van der Waals surface area contributed by atoms with Crippen LogP contribution in [0, 0.1) is 0 Å². The molecule has 4 aliphatic heterocycles. The third-order valence-electron chi connectivity index (χ3n) is 13.3. The molecule has 7 nitrogen and oxygen atoms in total. The molecule has 0 N–H and O–H groups in total. The number of carbonyl (C=O) groups is 2. The van der Waals surface area contributed by atoms with Crippen LogP contribution in [0.5, 0.6) is 0 Å². The van der Waals surface area contributed by atoms with Crippen LogP contribution in [0.3, 0.4) is 0 Å². The van der Waals surface area contributed by atoms with Gasteiger partial charge < -0.3 is 9.80 Å². The molecule has 0 atom stereocenters. The van der Waals surface area contributed by atoms with Crippen molar-refractivity contribution < 1.29 is 14.2 Å². The molecule has 4 heterocycles. The number of hydrogen-bond acceptors (Lipinski definition) is 5.